The van der Waals surface area contributed by atoms with Crippen LogP contribution in [-0.4, -0.2) is 59.8 Å². The minimum absolute atomic E-state index is 0.0251. The summed E-state index contributed by atoms with van der Waals surface area (Å²) in [5.41, 5.74) is 6.72. The van der Waals surface area contributed by atoms with Gasteiger partial charge in [-0.3, -0.25) is 19.7 Å². The molecule has 14 heteroatoms. The van der Waals surface area contributed by atoms with Gasteiger partial charge in [0.25, 0.3) is 17.5 Å². The summed E-state index contributed by atoms with van der Waals surface area (Å²) in [6.45, 7) is 3.25. The lowest BCUT2D eigenvalue weighted by molar-refractivity contribution is -0.384. The Balaban J connectivity index is 1.58. The molecule has 0 aromatic heterocycles. The zero-order valence-electron chi connectivity index (χ0n) is 26.2. The lowest BCUT2D eigenvalue weighted by Crippen LogP contribution is -2.51. The Hall–Kier alpha value is -5.18. The number of nitrogens with two attached hydrogens (primary N) is 1. The molecule has 0 aliphatic rings. The second kappa shape index (κ2) is 15.6. The van der Waals surface area contributed by atoms with Crippen LogP contribution in [-0.2, 0) is 16.4 Å². The van der Waals surface area contributed by atoms with Gasteiger partial charge < -0.3 is 21.5 Å². The summed E-state index contributed by atoms with van der Waals surface area (Å²) in [6.07, 6.45) is -1.25. The summed E-state index contributed by atoms with van der Waals surface area (Å²) in [4.78, 5) is 36.8. The fourth-order valence-corrected chi connectivity index (χ4v) is 6.57. The van der Waals surface area contributed by atoms with Crippen molar-refractivity contribution in [3.8, 4) is 0 Å². The molecule has 0 spiro atoms. The van der Waals surface area contributed by atoms with Gasteiger partial charge in [0.05, 0.1) is 33.3 Å². The van der Waals surface area contributed by atoms with Crippen LogP contribution in [0.15, 0.2) is 102 Å². The summed E-state index contributed by atoms with van der Waals surface area (Å²) in [7, 11) is -4.20. The molecule has 0 saturated heterocycles. The Kier molecular flexibility index (Phi) is 11.6. The van der Waals surface area contributed by atoms with Gasteiger partial charge in [0.15, 0.2) is 0 Å². The minimum atomic E-state index is -4.20. The van der Waals surface area contributed by atoms with Gasteiger partial charge in [-0.2, -0.15) is 4.31 Å². The van der Waals surface area contributed by atoms with E-state index in [4.69, 9.17) is 5.73 Å². The fourth-order valence-electron chi connectivity index (χ4n) is 4.95. The molecule has 2 amide bonds. The lowest BCUT2D eigenvalue weighted by Gasteiger charge is -2.30. The largest absolute Gasteiger partial charge is 0.397 e. The number of halogens is 1. The number of nitrogens with zero attached hydrogens (tertiary/aromatic N) is 2. The molecule has 0 radical (unpaired) electrons. The number of anilines is 2. The van der Waals surface area contributed by atoms with Gasteiger partial charge in [0, 0.05) is 36.3 Å². The van der Waals surface area contributed by atoms with Crippen LogP contribution in [0.5, 0.6) is 0 Å². The van der Waals surface area contributed by atoms with Gasteiger partial charge in [0.1, 0.15) is 5.82 Å². The molecule has 12 nitrogen and oxygen atoms in total. The highest BCUT2D eigenvalue weighted by Crippen LogP contribution is 2.23. The predicted molar refractivity (Wildman–Crippen MR) is 179 cm³/mol. The first-order valence-corrected chi connectivity index (χ1v) is 16.4. The standard InChI is InChI=1S/C34H36FN5O7S/c1-22(2)20-39(48(46,47)28-14-12-27(13-15-28)40(44)45)21-32(41)31(17-23-7-4-3-5-8-23)38-34(43)25-10-6-9-24(18-25)33(42)37-30-16-11-26(35)19-29(30)36/h3-16,18-19,22,31-32,41H,17,20-21,36H2,1-2H3,(H,37,42)(H,38,43)/t31-,32+/m0/s1. The topological polar surface area (TPSA) is 185 Å². The number of rotatable bonds is 14. The molecule has 0 fully saturated rings. The molecular formula is C34H36FN5O7S. The first-order valence-electron chi connectivity index (χ1n) is 15.0. The second-order valence-electron chi connectivity index (χ2n) is 11.6. The van der Waals surface area contributed by atoms with Gasteiger partial charge >= 0.3 is 0 Å². The van der Waals surface area contributed by atoms with Crippen LogP contribution in [0.1, 0.15) is 40.1 Å². The van der Waals surface area contributed by atoms with E-state index in [1.54, 1.807) is 24.3 Å². The van der Waals surface area contributed by atoms with Gasteiger partial charge in [-0.05, 0) is 66.4 Å². The maximum absolute atomic E-state index is 13.7. The first-order chi connectivity index (χ1) is 22.7. The minimum Gasteiger partial charge on any atom is -0.397 e. The van der Waals surface area contributed by atoms with Crippen LogP contribution >= 0.6 is 0 Å². The number of amides is 2. The summed E-state index contributed by atoms with van der Waals surface area (Å²) >= 11 is 0. The van der Waals surface area contributed by atoms with Gasteiger partial charge in [-0.15, -0.1) is 0 Å². The number of carbonyl (C=O) groups excluding carboxylic acids is 2. The van der Waals surface area contributed by atoms with E-state index < -0.39 is 51.3 Å². The molecule has 0 heterocycles. The summed E-state index contributed by atoms with van der Waals surface area (Å²) in [5, 5.41) is 28.0. The third kappa shape index (κ3) is 9.21. The molecule has 0 aliphatic carbocycles. The molecule has 252 valence electrons. The average Bonchev–Trinajstić information content (AvgIpc) is 3.05. The number of non-ortho nitro benzene ring substituents is 1. The van der Waals surface area contributed by atoms with Crippen molar-refractivity contribution >= 4 is 38.9 Å². The Bertz CT molecular complexity index is 1870. The van der Waals surface area contributed by atoms with Crippen LogP contribution in [0, 0.1) is 21.8 Å². The van der Waals surface area contributed by atoms with Crippen molar-refractivity contribution in [3.05, 3.63) is 130 Å². The Labute approximate surface area is 277 Å². The number of nitrogens with one attached hydrogen (secondary N) is 2. The van der Waals surface area contributed by atoms with Crippen molar-refractivity contribution in [1.82, 2.24) is 9.62 Å². The maximum Gasteiger partial charge on any atom is 0.269 e. The molecule has 4 rings (SSSR count). The fraction of sp³-hybridized carbons (Fsp3) is 0.235. The summed E-state index contributed by atoms with van der Waals surface area (Å²) in [5.74, 6) is -1.93. The van der Waals surface area contributed by atoms with Crippen LogP contribution in [0.3, 0.4) is 0 Å². The van der Waals surface area contributed by atoms with E-state index in [0.717, 1.165) is 46.3 Å². The van der Waals surface area contributed by atoms with Crippen molar-refractivity contribution in [3.63, 3.8) is 0 Å². The number of hydrogen-bond acceptors (Lipinski definition) is 8. The van der Waals surface area contributed by atoms with Gasteiger partial charge in [-0.25, -0.2) is 12.8 Å². The number of carbonyl (C=O) groups is 2. The third-order valence-corrected chi connectivity index (χ3v) is 9.22. The second-order valence-corrected chi connectivity index (χ2v) is 13.5. The molecule has 2 atom stereocenters. The SMILES string of the molecule is CC(C)CN(C[C@@H](O)[C@H](Cc1ccccc1)NC(=O)c1cccc(C(=O)Nc2ccc(F)cc2N)c1)S(=O)(=O)c1ccc([N+](=O)[O-])cc1. The zero-order chi connectivity index (χ0) is 35.0. The van der Waals surface area contributed by atoms with Crippen molar-refractivity contribution in [2.45, 2.75) is 37.3 Å². The quantitative estimate of drug-likeness (QED) is 0.0846. The zero-order valence-corrected chi connectivity index (χ0v) is 27.1. The number of sulfonamides is 1. The number of nitro benzene ring substituents is 1. The predicted octanol–water partition coefficient (Wildman–Crippen LogP) is 4.62. The summed E-state index contributed by atoms with van der Waals surface area (Å²) in [6, 6.07) is 21.8. The normalized spacial score (nSPS) is 12.8. The number of nitrogen functional groups attached to an aromatic ring is 1. The van der Waals surface area contributed by atoms with E-state index in [1.807, 2.05) is 19.9 Å². The monoisotopic (exact) mass is 677 g/mol. The first kappa shape index (κ1) is 35.7. The smallest absolute Gasteiger partial charge is 0.269 e. The highest BCUT2D eigenvalue weighted by molar-refractivity contribution is 7.89. The van der Waals surface area contributed by atoms with Crippen LogP contribution < -0.4 is 16.4 Å². The number of benzene rings is 4. The van der Waals surface area contributed by atoms with E-state index in [9.17, 15) is 37.6 Å². The number of aliphatic hydroxyl groups is 1. The number of aliphatic hydroxyl groups excluding tert-OH is 1. The number of hydrogen-bond donors (Lipinski definition) is 4. The lowest BCUT2D eigenvalue weighted by atomic mass is 10.00. The van der Waals surface area contributed by atoms with E-state index in [-0.39, 0.29) is 52.0 Å². The van der Waals surface area contributed by atoms with Crippen molar-refractivity contribution < 1.29 is 32.4 Å². The van der Waals surface area contributed by atoms with Gasteiger partial charge in [-0.1, -0.05) is 50.2 Å². The van der Waals surface area contributed by atoms with Crippen LogP contribution in [0.25, 0.3) is 0 Å². The van der Waals surface area contributed by atoms with Gasteiger partial charge in [0.2, 0.25) is 10.0 Å². The van der Waals surface area contributed by atoms with Crippen molar-refractivity contribution in [2.24, 2.45) is 5.92 Å². The molecule has 5 N–H and O–H groups in total. The molecule has 0 saturated carbocycles. The molecule has 4 aromatic carbocycles. The molecule has 0 unspecified atom stereocenters. The van der Waals surface area contributed by atoms with Crippen molar-refractivity contribution in [1.29, 1.82) is 0 Å². The highest BCUT2D eigenvalue weighted by atomic mass is 32.2. The Morgan fingerprint density at radius 3 is 2.17 bits per heavy atom. The third-order valence-electron chi connectivity index (χ3n) is 7.37. The average molecular weight is 678 g/mol. The van der Waals surface area contributed by atoms with E-state index in [0.29, 0.717) is 0 Å². The van der Waals surface area contributed by atoms with E-state index in [1.165, 1.54) is 30.3 Å². The van der Waals surface area contributed by atoms with E-state index >= 15 is 0 Å². The van der Waals surface area contributed by atoms with Crippen molar-refractivity contribution in [2.75, 3.05) is 24.1 Å². The molecule has 0 bridgehead atoms. The Morgan fingerprint density at radius 1 is 0.917 bits per heavy atom. The highest BCUT2D eigenvalue weighted by Gasteiger charge is 2.32. The van der Waals surface area contributed by atoms with E-state index in [2.05, 4.69) is 10.6 Å². The molecule has 4 aromatic rings. The number of nitro groups is 1. The summed E-state index contributed by atoms with van der Waals surface area (Å²) < 4.78 is 41.9. The molecule has 48 heavy (non-hydrogen) atoms. The Morgan fingerprint density at radius 2 is 1.56 bits per heavy atom. The molecular weight excluding hydrogens is 641 g/mol. The van der Waals surface area contributed by atoms with Crippen LogP contribution in [0.2, 0.25) is 0 Å². The maximum atomic E-state index is 13.7. The molecule has 0 aliphatic heterocycles. The van der Waals surface area contributed by atoms with Crippen LogP contribution in [0.4, 0.5) is 21.5 Å².